The molecule has 0 radical (unpaired) electrons. The van der Waals surface area contributed by atoms with Crippen LogP contribution in [0, 0.1) is 23.7 Å². The lowest BCUT2D eigenvalue weighted by Crippen LogP contribution is -2.67. The van der Waals surface area contributed by atoms with Crippen LogP contribution in [0.2, 0.25) is 52.9 Å². The molecule has 0 saturated carbocycles. The molecule has 5 heterocycles. The van der Waals surface area contributed by atoms with Crippen LogP contribution < -0.4 is 5.32 Å². The number of fused-ring (bicyclic) bond motifs is 6. The van der Waals surface area contributed by atoms with Crippen molar-refractivity contribution in [2.75, 3.05) is 33.7 Å². The number of carbonyl (C=O) groups is 3. The summed E-state index contributed by atoms with van der Waals surface area (Å²) in [5, 5.41) is 15.8. The average molecular weight is 1630 g/mol. The SMILES string of the molecule is C=CCOC(=O)N[C@@H]1[C@@H](O)[C@H](O[C@H]2/C=C/C=C/C=C/C=C/C=C/C=C/C=C/[C@H](C)[C@@H](C)[C@@H](C)[C@H](C)OC(=O)C[C@H]3CC(CC[C@@H](O[Si](CC)(CC)C(C)C)[C@H]4CC(C[C@]5(OC)C[C@H](O[Si](CC)(CC)C(C)C)[C@@H](C(=O)OCC=C)C(C2)O5)OC(P(C)P)O4)OC(P(C)P)O3)O[C@H](C)[C@H]1O[Si](CC)(CC)C(C)C. The first kappa shape index (κ1) is 95.3. The molecule has 2 N–H and O–H groups in total. The molecule has 25 atom stereocenters. The summed E-state index contributed by atoms with van der Waals surface area (Å²) >= 11 is 0. The van der Waals surface area contributed by atoms with Crippen LogP contribution in [0.25, 0.3) is 0 Å². The molecule has 26 heteroatoms. The number of aliphatic hydroxyl groups excluding tert-OH is 1. The number of aliphatic hydroxyl groups is 1. The number of hydrogen-bond acceptors (Lipinski definition) is 18. The van der Waals surface area contributed by atoms with Gasteiger partial charge in [-0.15, -0.1) is 17.9 Å². The van der Waals surface area contributed by atoms with Gasteiger partial charge >= 0.3 is 18.0 Å². The largest absolute Gasteiger partial charge is 0.462 e. The van der Waals surface area contributed by atoms with Crippen molar-refractivity contribution in [1.82, 2.24) is 5.32 Å². The highest BCUT2D eigenvalue weighted by Crippen LogP contribution is 2.54. The zero-order valence-electron chi connectivity index (χ0n) is 68.7. The number of allylic oxidation sites excluding steroid dienone is 13. The standard InChI is InChI=1S/C81H141NO18P4Si3/c1-23-47-88-76(85)72-69-50-63(92-77-74(84)73(82-78(86)89-48-24-2)75(62(19)91-77)100-107(29-7,30-8)57(13)14)44-42-40-38-36-34-32-31-33-35-37-39-41-43-58(15)59(16)60(17)61(18)90-71(83)52-65-49-64(93-79(94-65)103(21)101)45-46-67(98-105(25-3,26-4)55(9)10)68-51-66(95-80(96-68)104(22)102)53-81(87-20,97-69)54-70(72)99-106(27-5,28-6)56(11)12/h23-24,31-44,55-70,72-75,77,79-80,84H,1-2,25-30,45-54,101-102H2,3-22H3,(H,82,86)/b32-31+,35-33+,36-34+,39-37+,40-38+,43-41+,44-42+/t58-,59+,60+,61-,62+,63-,64?,65+,66?,67+,68+,69?,70-,72-,73+,74+,75+,77-,79?,80?,81+,103?,104?/m0/s1. The fourth-order valence-corrected chi connectivity index (χ4v) is 29.0. The Morgan fingerprint density at radius 2 is 1.11 bits per heavy atom. The molecule has 5 aliphatic heterocycles. The Hall–Kier alpha value is -2.24. The van der Waals surface area contributed by atoms with Crippen molar-refractivity contribution in [1.29, 1.82) is 0 Å². The number of hydrogen-bond donors (Lipinski definition) is 2. The molecular formula is C81H141NO18P4Si3. The molecular weight excluding hydrogens is 1480 g/mol. The minimum absolute atomic E-state index is 0.00409. The van der Waals surface area contributed by atoms with Crippen LogP contribution in [0.1, 0.15) is 169 Å². The van der Waals surface area contributed by atoms with E-state index in [4.69, 9.17) is 65.4 Å². The molecule has 6 bridgehead atoms. The Balaban J connectivity index is 1.74. The monoisotopic (exact) mass is 1620 g/mol. The summed E-state index contributed by atoms with van der Waals surface area (Å²) in [6.07, 6.45) is 22.9. The summed E-state index contributed by atoms with van der Waals surface area (Å²) in [4.78, 5) is 43.1. The van der Waals surface area contributed by atoms with Crippen molar-refractivity contribution >= 4 is 76.1 Å². The van der Waals surface area contributed by atoms with Gasteiger partial charge < -0.3 is 75.8 Å². The summed E-state index contributed by atoms with van der Waals surface area (Å²) in [5.74, 6) is -2.75. The average Bonchev–Trinajstić information content (AvgIpc) is 0.765. The number of rotatable bonds is 26. The van der Waals surface area contributed by atoms with Crippen LogP contribution in [0.5, 0.6) is 0 Å². The summed E-state index contributed by atoms with van der Waals surface area (Å²) < 4.78 is 96.9. The van der Waals surface area contributed by atoms with Gasteiger partial charge in [0.15, 0.2) is 49.1 Å². The van der Waals surface area contributed by atoms with E-state index in [1.807, 2.05) is 86.8 Å². The fraction of sp³-hybridized carbons (Fsp3) is 0.741. The van der Waals surface area contributed by atoms with Crippen LogP contribution in [-0.2, 0) is 75.0 Å². The van der Waals surface area contributed by atoms with Crippen molar-refractivity contribution in [3.05, 3.63) is 110 Å². The van der Waals surface area contributed by atoms with E-state index in [2.05, 4.69) is 166 Å². The maximum atomic E-state index is 15.4. The van der Waals surface area contributed by atoms with Gasteiger partial charge in [-0.05, 0) is 126 Å². The van der Waals surface area contributed by atoms with E-state index in [1.165, 1.54) is 6.08 Å². The second-order valence-corrected chi connectivity index (χ2v) is 54.3. The smallest absolute Gasteiger partial charge is 0.407 e. The highest BCUT2D eigenvalue weighted by atomic mass is 32.0. The summed E-state index contributed by atoms with van der Waals surface area (Å²) in [5.41, 5.74) is 0.660. The molecule has 0 aromatic carbocycles. The zero-order chi connectivity index (χ0) is 79.4. The van der Waals surface area contributed by atoms with Crippen LogP contribution in [0.15, 0.2) is 110 Å². The van der Waals surface area contributed by atoms with Gasteiger partial charge in [0.25, 0.3) is 0 Å². The number of nitrogens with one attached hydrogen (secondary N) is 1. The van der Waals surface area contributed by atoms with E-state index in [-0.39, 0.29) is 92.0 Å². The number of amides is 1. The number of methoxy groups -OCH3 is 1. The van der Waals surface area contributed by atoms with Gasteiger partial charge in [0.05, 0.1) is 73.5 Å². The van der Waals surface area contributed by atoms with E-state index in [0.29, 0.717) is 31.2 Å². The van der Waals surface area contributed by atoms with Gasteiger partial charge in [-0.1, -0.05) is 214 Å². The van der Waals surface area contributed by atoms with Gasteiger partial charge in [-0.3, -0.25) is 9.59 Å². The van der Waals surface area contributed by atoms with Gasteiger partial charge in [-0.2, -0.15) is 0 Å². The third-order valence-corrected chi connectivity index (χ3v) is 42.5. The number of ether oxygens (including phenoxy) is 11. The highest BCUT2D eigenvalue weighted by molar-refractivity contribution is 8.13. The lowest BCUT2D eigenvalue weighted by molar-refractivity contribution is -0.325. The topological polar surface area (TPSA) is 213 Å². The summed E-state index contributed by atoms with van der Waals surface area (Å²) in [6, 6.07) is 2.82. The van der Waals surface area contributed by atoms with E-state index < -0.39 is 143 Å². The van der Waals surface area contributed by atoms with Gasteiger partial charge in [0.2, 0.25) is 0 Å². The molecule has 9 unspecified atom stereocenters. The Labute approximate surface area is 655 Å². The predicted octanol–water partition coefficient (Wildman–Crippen LogP) is 19.0. The predicted molar refractivity (Wildman–Crippen MR) is 449 cm³/mol. The minimum Gasteiger partial charge on any atom is -0.462 e. The molecule has 19 nitrogen and oxygen atoms in total. The molecule has 610 valence electrons. The third kappa shape index (κ3) is 27.8. The Morgan fingerprint density at radius 3 is 1.64 bits per heavy atom. The first-order valence-corrected chi connectivity index (χ1v) is 54.0. The van der Waals surface area contributed by atoms with Gasteiger partial charge in [0, 0.05) is 39.2 Å². The molecule has 1 amide bonds. The van der Waals surface area contributed by atoms with Crippen molar-refractivity contribution in [3.8, 4) is 0 Å². The van der Waals surface area contributed by atoms with Crippen LogP contribution >= 0.6 is 33.1 Å². The van der Waals surface area contributed by atoms with Crippen LogP contribution in [0.3, 0.4) is 0 Å². The lowest BCUT2D eigenvalue weighted by Gasteiger charge is -2.52. The second kappa shape index (κ2) is 47.0. The van der Waals surface area contributed by atoms with Gasteiger partial charge in [0.1, 0.15) is 31.3 Å². The van der Waals surface area contributed by atoms with Gasteiger partial charge in [-0.25, -0.2) is 4.79 Å². The number of alkyl carbamates (subject to hydrolysis) is 1. The van der Waals surface area contributed by atoms with Crippen LogP contribution in [0.4, 0.5) is 4.79 Å². The van der Waals surface area contributed by atoms with E-state index in [9.17, 15) is 14.7 Å². The zero-order valence-corrected chi connectivity index (χ0v) is 75.8. The minimum atomic E-state index is -2.68. The second-order valence-electron chi connectivity index (χ2n) is 31.1. The van der Waals surface area contributed by atoms with Crippen molar-refractivity contribution < 1.29 is 84.9 Å². The molecule has 107 heavy (non-hydrogen) atoms. The van der Waals surface area contributed by atoms with Crippen molar-refractivity contribution in [3.63, 3.8) is 0 Å². The number of carbonyl (C=O) groups excluding carboxylic acids is 3. The maximum absolute atomic E-state index is 15.4. The van der Waals surface area contributed by atoms with Crippen LogP contribution in [-0.4, -0.2) is 185 Å². The molecule has 5 rings (SSSR count). The quantitative estimate of drug-likeness (QED) is 0.0271. The molecule has 0 spiro atoms. The molecule has 4 saturated heterocycles. The summed E-state index contributed by atoms with van der Waals surface area (Å²) in [7, 11) is -1.84. The van der Waals surface area contributed by atoms with E-state index >= 15 is 4.79 Å². The normalized spacial score (nSPS) is 35.8. The molecule has 5 aliphatic rings. The third-order valence-electron chi connectivity index (χ3n) is 23.5. The maximum Gasteiger partial charge on any atom is 0.407 e. The number of cyclic esters (lactones) is 1. The molecule has 4 fully saturated rings. The van der Waals surface area contributed by atoms with E-state index in [0.717, 1.165) is 36.3 Å². The van der Waals surface area contributed by atoms with Crippen molar-refractivity contribution in [2.45, 2.75) is 325 Å². The Morgan fingerprint density at radius 1 is 0.617 bits per heavy atom. The first-order valence-electron chi connectivity index (χ1n) is 39.8. The number of esters is 2. The first-order chi connectivity index (χ1) is 50.8. The van der Waals surface area contributed by atoms with E-state index in [1.54, 1.807) is 13.2 Å². The fourth-order valence-electron chi connectivity index (χ4n) is 15.9. The molecule has 0 aromatic rings. The lowest BCUT2D eigenvalue weighted by atomic mass is 9.82. The molecule has 0 aliphatic carbocycles. The molecule has 0 aromatic heterocycles. The van der Waals surface area contributed by atoms with Crippen molar-refractivity contribution in [2.24, 2.45) is 23.7 Å². The summed E-state index contributed by atoms with van der Waals surface area (Å²) in [6.45, 7) is 48.7. The Bertz CT molecular complexity index is 2910. The highest BCUT2D eigenvalue weighted by Gasteiger charge is 2.57. The Kier molecular flexibility index (Phi) is 41.8.